The van der Waals surface area contributed by atoms with E-state index in [1.165, 1.54) is 0 Å². The summed E-state index contributed by atoms with van der Waals surface area (Å²) in [4.78, 5) is 15.5. The molecule has 21 heavy (non-hydrogen) atoms. The summed E-state index contributed by atoms with van der Waals surface area (Å²) in [6, 6.07) is 7.88. The summed E-state index contributed by atoms with van der Waals surface area (Å²) in [5.41, 5.74) is 1.11. The van der Waals surface area contributed by atoms with Gasteiger partial charge in [-0.15, -0.1) is 0 Å². The van der Waals surface area contributed by atoms with Crippen LogP contribution in [0.1, 0.15) is 31.5 Å². The molecule has 2 N–H and O–H groups in total. The Morgan fingerprint density at radius 3 is 2.71 bits per heavy atom. The van der Waals surface area contributed by atoms with E-state index in [2.05, 4.69) is 4.98 Å². The third kappa shape index (κ3) is 2.65. The Kier molecular flexibility index (Phi) is 3.45. The normalized spacial score (nSPS) is 26.1. The molecule has 0 aliphatic heterocycles. The van der Waals surface area contributed by atoms with Gasteiger partial charge in [-0.25, -0.2) is 4.98 Å². The first-order valence-corrected chi connectivity index (χ1v) is 7.36. The maximum Gasteiger partial charge on any atom is 0.306 e. The van der Waals surface area contributed by atoms with Gasteiger partial charge >= 0.3 is 5.97 Å². The number of hydrogen-bond acceptors (Lipinski definition) is 3. The SMILES string of the molecule is Cc1nc2ccccc2n1CC1(O)CCC(C(=O)O)CC1. The molecule has 112 valence electrons. The number of imidazole rings is 1. The van der Waals surface area contributed by atoms with Crippen LogP contribution in [0.2, 0.25) is 0 Å². The number of para-hydroxylation sites is 2. The third-order valence-corrected chi connectivity index (χ3v) is 4.56. The van der Waals surface area contributed by atoms with Crippen LogP contribution in [0.15, 0.2) is 24.3 Å². The molecule has 0 spiro atoms. The van der Waals surface area contributed by atoms with Crippen molar-refractivity contribution in [1.82, 2.24) is 9.55 Å². The quantitative estimate of drug-likeness (QED) is 0.909. The van der Waals surface area contributed by atoms with Gasteiger partial charge in [0.25, 0.3) is 0 Å². The number of aromatic nitrogens is 2. The second-order valence-corrected chi connectivity index (χ2v) is 6.07. The summed E-state index contributed by atoms with van der Waals surface area (Å²) >= 11 is 0. The molecule has 0 bridgehead atoms. The Balaban J connectivity index is 1.82. The van der Waals surface area contributed by atoms with Gasteiger partial charge in [-0.1, -0.05) is 12.1 Å². The van der Waals surface area contributed by atoms with Gasteiger partial charge in [0.2, 0.25) is 0 Å². The fourth-order valence-electron chi connectivity index (χ4n) is 3.25. The highest BCUT2D eigenvalue weighted by Gasteiger charge is 2.36. The number of aryl methyl sites for hydroxylation is 1. The molecule has 1 aromatic heterocycles. The highest BCUT2D eigenvalue weighted by Crippen LogP contribution is 2.34. The second-order valence-electron chi connectivity index (χ2n) is 6.07. The van der Waals surface area contributed by atoms with E-state index >= 15 is 0 Å². The molecule has 1 heterocycles. The zero-order chi connectivity index (χ0) is 15.0. The fraction of sp³-hybridized carbons (Fsp3) is 0.500. The van der Waals surface area contributed by atoms with Crippen molar-refractivity contribution in [2.45, 2.75) is 44.8 Å². The lowest BCUT2D eigenvalue weighted by Crippen LogP contribution is -2.40. The van der Waals surface area contributed by atoms with Gasteiger partial charge in [-0.2, -0.15) is 0 Å². The van der Waals surface area contributed by atoms with Crippen molar-refractivity contribution >= 4 is 17.0 Å². The van der Waals surface area contributed by atoms with Crippen LogP contribution in [0, 0.1) is 12.8 Å². The number of nitrogens with zero attached hydrogens (tertiary/aromatic N) is 2. The average Bonchev–Trinajstić information content (AvgIpc) is 2.75. The van der Waals surface area contributed by atoms with Crippen LogP contribution in [-0.2, 0) is 11.3 Å². The minimum absolute atomic E-state index is 0.314. The summed E-state index contributed by atoms with van der Waals surface area (Å²) in [7, 11) is 0. The lowest BCUT2D eigenvalue weighted by atomic mass is 9.78. The molecule has 1 aromatic carbocycles. The summed E-state index contributed by atoms with van der Waals surface area (Å²) in [5, 5.41) is 19.8. The highest BCUT2D eigenvalue weighted by molar-refractivity contribution is 5.75. The summed E-state index contributed by atoms with van der Waals surface area (Å²) in [6.45, 7) is 2.41. The van der Waals surface area contributed by atoms with Gasteiger partial charge in [-0.05, 0) is 44.7 Å². The maximum absolute atomic E-state index is 11.0. The van der Waals surface area contributed by atoms with E-state index in [0.717, 1.165) is 16.9 Å². The number of fused-ring (bicyclic) bond motifs is 1. The number of benzene rings is 1. The van der Waals surface area contributed by atoms with E-state index in [-0.39, 0.29) is 5.92 Å². The van der Waals surface area contributed by atoms with Gasteiger partial charge in [0.15, 0.2) is 0 Å². The zero-order valence-corrected chi connectivity index (χ0v) is 12.1. The number of aliphatic hydroxyl groups is 1. The maximum atomic E-state index is 11.0. The molecule has 1 aliphatic carbocycles. The van der Waals surface area contributed by atoms with Crippen LogP contribution in [0.5, 0.6) is 0 Å². The molecule has 1 fully saturated rings. The first-order valence-electron chi connectivity index (χ1n) is 7.36. The number of hydrogen-bond donors (Lipinski definition) is 2. The minimum Gasteiger partial charge on any atom is -0.481 e. The molecule has 5 nitrogen and oxygen atoms in total. The summed E-state index contributed by atoms with van der Waals surface area (Å²) < 4.78 is 2.04. The molecular weight excluding hydrogens is 268 g/mol. The number of rotatable bonds is 3. The fourth-order valence-corrected chi connectivity index (χ4v) is 3.25. The van der Waals surface area contributed by atoms with E-state index in [4.69, 9.17) is 5.11 Å². The van der Waals surface area contributed by atoms with Crippen LogP contribution < -0.4 is 0 Å². The van der Waals surface area contributed by atoms with Crippen molar-refractivity contribution in [2.24, 2.45) is 5.92 Å². The van der Waals surface area contributed by atoms with E-state index in [1.54, 1.807) is 0 Å². The first kappa shape index (κ1) is 14.1. The Morgan fingerprint density at radius 2 is 2.05 bits per heavy atom. The van der Waals surface area contributed by atoms with Crippen molar-refractivity contribution in [3.05, 3.63) is 30.1 Å². The van der Waals surface area contributed by atoms with Crippen LogP contribution in [-0.4, -0.2) is 31.3 Å². The molecule has 5 heteroatoms. The summed E-state index contributed by atoms with van der Waals surface area (Å²) in [5.74, 6) is -0.183. The Hall–Kier alpha value is -1.88. The number of carboxylic acids is 1. The molecule has 0 radical (unpaired) electrons. The Labute approximate surface area is 123 Å². The summed E-state index contributed by atoms with van der Waals surface area (Å²) in [6.07, 6.45) is 2.13. The van der Waals surface area contributed by atoms with E-state index < -0.39 is 11.6 Å². The van der Waals surface area contributed by atoms with E-state index in [0.29, 0.717) is 32.2 Å². The highest BCUT2D eigenvalue weighted by atomic mass is 16.4. The monoisotopic (exact) mass is 288 g/mol. The van der Waals surface area contributed by atoms with Crippen molar-refractivity contribution in [3.8, 4) is 0 Å². The largest absolute Gasteiger partial charge is 0.481 e. The third-order valence-electron chi connectivity index (χ3n) is 4.56. The van der Waals surface area contributed by atoms with Gasteiger partial charge in [0, 0.05) is 0 Å². The molecule has 3 rings (SSSR count). The van der Waals surface area contributed by atoms with Gasteiger partial charge in [0.05, 0.1) is 29.1 Å². The van der Waals surface area contributed by atoms with Crippen molar-refractivity contribution < 1.29 is 15.0 Å². The molecule has 0 unspecified atom stereocenters. The topological polar surface area (TPSA) is 75.3 Å². The molecular formula is C16H20N2O3. The molecule has 0 saturated heterocycles. The lowest BCUT2D eigenvalue weighted by Gasteiger charge is -2.35. The van der Waals surface area contributed by atoms with Crippen LogP contribution in [0.25, 0.3) is 11.0 Å². The molecule has 1 saturated carbocycles. The van der Waals surface area contributed by atoms with Crippen LogP contribution in [0.3, 0.4) is 0 Å². The van der Waals surface area contributed by atoms with Crippen molar-refractivity contribution in [1.29, 1.82) is 0 Å². The number of carbonyl (C=O) groups is 1. The van der Waals surface area contributed by atoms with Crippen LogP contribution in [0.4, 0.5) is 0 Å². The standard InChI is InChI=1S/C16H20N2O3/c1-11-17-13-4-2-3-5-14(13)18(11)10-16(21)8-6-12(7-9-16)15(19)20/h2-5,12,21H,6-10H2,1H3,(H,19,20). The zero-order valence-electron chi connectivity index (χ0n) is 12.1. The lowest BCUT2D eigenvalue weighted by molar-refractivity contribution is -0.145. The average molecular weight is 288 g/mol. The van der Waals surface area contributed by atoms with Crippen molar-refractivity contribution in [2.75, 3.05) is 0 Å². The molecule has 2 aromatic rings. The number of carboxylic acid groups (broad SMARTS) is 1. The molecule has 0 atom stereocenters. The molecule has 1 aliphatic rings. The predicted octanol–water partition coefficient (Wildman–Crippen LogP) is 2.35. The van der Waals surface area contributed by atoms with Gasteiger partial charge in [-0.3, -0.25) is 4.79 Å². The van der Waals surface area contributed by atoms with Crippen molar-refractivity contribution in [3.63, 3.8) is 0 Å². The van der Waals surface area contributed by atoms with Gasteiger partial charge in [0.1, 0.15) is 5.82 Å². The van der Waals surface area contributed by atoms with Gasteiger partial charge < -0.3 is 14.8 Å². The second kappa shape index (κ2) is 5.15. The predicted molar refractivity (Wildman–Crippen MR) is 79.0 cm³/mol. The van der Waals surface area contributed by atoms with E-state index in [1.807, 2.05) is 35.8 Å². The smallest absolute Gasteiger partial charge is 0.306 e. The number of aliphatic carboxylic acids is 1. The van der Waals surface area contributed by atoms with Crippen LogP contribution >= 0.6 is 0 Å². The Morgan fingerprint density at radius 1 is 1.38 bits per heavy atom. The minimum atomic E-state index is -0.833. The first-order chi connectivity index (χ1) is 9.98. The molecule has 0 amide bonds. The van der Waals surface area contributed by atoms with E-state index in [9.17, 15) is 9.90 Å². The Bertz CT molecular complexity index is 669.